The SMILES string of the molecule is CSCCC(C)NC(=O)c1ccc(Br)s1. The number of hydrogen-bond acceptors (Lipinski definition) is 3. The number of amides is 1. The van der Waals surface area contributed by atoms with Crippen LogP contribution in [0, 0.1) is 0 Å². The van der Waals surface area contributed by atoms with Crippen LogP contribution in [0.1, 0.15) is 23.0 Å². The largest absolute Gasteiger partial charge is 0.349 e. The molecule has 1 amide bonds. The van der Waals surface area contributed by atoms with E-state index in [-0.39, 0.29) is 11.9 Å². The van der Waals surface area contributed by atoms with Crippen LogP contribution < -0.4 is 5.32 Å². The van der Waals surface area contributed by atoms with E-state index >= 15 is 0 Å². The third-order valence-electron chi connectivity index (χ3n) is 1.93. The Labute approximate surface area is 107 Å². The zero-order chi connectivity index (χ0) is 11.3. The van der Waals surface area contributed by atoms with Crippen LogP contribution in [0.3, 0.4) is 0 Å². The van der Waals surface area contributed by atoms with Crippen molar-refractivity contribution in [1.82, 2.24) is 5.32 Å². The molecule has 84 valence electrons. The van der Waals surface area contributed by atoms with Gasteiger partial charge in [0.2, 0.25) is 0 Å². The van der Waals surface area contributed by atoms with Crippen molar-refractivity contribution >= 4 is 44.9 Å². The average molecular weight is 308 g/mol. The van der Waals surface area contributed by atoms with Crippen molar-refractivity contribution < 1.29 is 4.79 Å². The first kappa shape index (κ1) is 13.1. The third-order valence-corrected chi connectivity index (χ3v) is 4.20. The van der Waals surface area contributed by atoms with Gasteiger partial charge in [-0.15, -0.1) is 11.3 Å². The minimum atomic E-state index is 0.0271. The summed E-state index contributed by atoms with van der Waals surface area (Å²) in [5.74, 6) is 1.11. The van der Waals surface area contributed by atoms with Crippen LogP contribution in [0.5, 0.6) is 0 Å². The molecule has 0 spiro atoms. The van der Waals surface area contributed by atoms with Crippen molar-refractivity contribution in [3.63, 3.8) is 0 Å². The van der Waals surface area contributed by atoms with Gasteiger partial charge in [0.15, 0.2) is 0 Å². The van der Waals surface area contributed by atoms with Gasteiger partial charge in [0.1, 0.15) is 0 Å². The van der Waals surface area contributed by atoms with Crippen molar-refractivity contribution in [3.05, 3.63) is 20.8 Å². The smallest absolute Gasteiger partial charge is 0.261 e. The molecule has 1 aromatic heterocycles. The maximum atomic E-state index is 11.7. The molecule has 0 bridgehead atoms. The molecule has 1 unspecified atom stereocenters. The molecular weight excluding hydrogens is 294 g/mol. The van der Waals surface area contributed by atoms with Crippen molar-refractivity contribution in [3.8, 4) is 0 Å². The van der Waals surface area contributed by atoms with Gasteiger partial charge in [-0.1, -0.05) is 0 Å². The summed E-state index contributed by atoms with van der Waals surface area (Å²) >= 11 is 6.61. The molecule has 2 nitrogen and oxygen atoms in total. The van der Waals surface area contributed by atoms with Gasteiger partial charge in [-0.3, -0.25) is 4.79 Å². The number of thioether (sulfide) groups is 1. The summed E-state index contributed by atoms with van der Waals surface area (Å²) in [4.78, 5) is 12.5. The molecule has 1 heterocycles. The second-order valence-corrected chi connectivity index (χ2v) is 6.71. The normalized spacial score (nSPS) is 12.5. The quantitative estimate of drug-likeness (QED) is 0.903. The van der Waals surface area contributed by atoms with Crippen LogP contribution in [0.15, 0.2) is 15.9 Å². The number of carbonyl (C=O) groups excluding carboxylic acids is 1. The Hall–Kier alpha value is -0.0000000000000000833. The average Bonchev–Trinajstić information content (AvgIpc) is 2.61. The van der Waals surface area contributed by atoms with Gasteiger partial charge in [-0.05, 0) is 53.4 Å². The van der Waals surface area contributed by atoms with E-state index in [9.17, 15) is 4.79 Å². The molecule has 1 aromatic rings. The van der Waals surface area contributed by atoms with E-state index in [4.69, 9.17) is 0 Å². The summed E-state index contributed by atoms with van der Waals surface area (Å²) in [6.07, 6.45) is 3.09. The maximum absolute atomic E-state index is 11.7. The van der Waals surface area contributed by atoms with Gasteiger partial charge in [-0.2, -0.15) is 11.8 Å². The first-order valence-electron chi connectivity index (χ1n) is 4.68. The fourth-order valence-corrected chi connectivity index (χ4v) is 2.98. The van der Waals surface area contributed by atoms with E-state index in [1.165, 1.54) is 11.3 Å². The Bertz CT molecular complexity index is 327. The summed E-state index contributed by atoms with van der Waals surface area (Å²) in [5.41, 5.74) is 0. The van der Waals surface area contributed by atoms with Crippen molar-refractivity contribution in [2.24, 2.45) is 0 Å². The minimum absolute atomic E-state index is 0.0271. The lowest BCUT2D eigenvalue weighted by Crippen LogP contribution is -2.32. The van der Waals surface area contributed by atoms with E-state index < -0.39 is 0 Å². The summed E-state index contributed by atoms with van der Waals surface area (Å²) < 4.78 is 0.990. The molecule has 0 fully saturated rings. The predicted octanol–water partition coefficient (Wildman–Crippen LogP) is 3.38. The van der Waals surface area contributed by atoms with Crippen LogP contribution in [0.2, 0.25) is 0 Å². The maximum Gasteiger partial charge on any atom is 0.261 e. The standard InChI is InChI=1S/C10H14BrNOS2/c1-7(5-6-14-2)12-10(13)8-3-4-9(11)15-8/h3-4,7H,5-6H2,1-2H3,(H,12,13). The molecule has 1 rings (SSSR count). The van der Waals surface area contributed by atoms with E-state index in [0.717, 1.165) is 20.8 Å². The molecule has 0 saturated heterocycles. The molecule has 0 aliphatic heterocycles. The van der Waals surface area contributed by atoms with Crippen LogP contribution in [-0.2, 0) is 0 Å². The Kier molecular flexibility index (Phi) is 5.71. The number of rotatable bonds is 5. The molecule has 5 heteroatoms. The highest BCUT2D eigenvalue weighted by Gasteiger charge is 2.11. The lowest BCUT2D eigenvalue weighted by atomic mass is 10.2. The van der Waals surface area contributed by atoms with Crippen LogP contribution in [0.4, 0.5) is 0 Å². The minimum Gasteiger partial charge on any atom is -0.349 e. The fourth-order valence-electron chi connectivity index (χ4n) is 1.10. The highest BCUT2D eigenvalue weighted by atomic mass is 79.9. The second kappa shape index (κ2) is 6.55. The number of halogens is 1. The van der Waals surface area contributed by atoms with Gasteiger partial charge in [-0.25, -0.2) is 0 Å². The molecule has 1 atom stereocenters. The highest BCUT2D eigenvalue weighted by Crippen LogP contribution is 2.21. The first-order valence-corrected chi connectivity index (χ1v) is 7.69. The monoisotopic (exact) mass is 307 g/mol. The van der Waals surface area contributed by atoms with Gasteiger partial charge in [0, 0.05) is 6.04 Å². The number of nitrogens with one attached hydrogen (secondary N) is 1. The first-order chi connectivity index (χ1) is 7.13. The van der Waals surface area contributed by atoms with Crippen LogP contribution >= 0.6 is 39.0 Å². The Morgan fingerprint density at radius 3 is 2.93 bits per heavy atom. The molecule has 15 heavy (non-hydrogen) atoms. The molecule has 0 aromatic carbocycles. The van der Waals surface area contributed by atoms with E-state index in [2.05, 4.69) is 27.5 Å². The molecule has 0 radical (unpaired) electrons. The molecule has 0 saturated carbocycles. The van der Waals surface area contributed by atoms with E-state index in [0.29, 0.717) is 0 Å². The fraction of sp³-hybridized carbons (Fsp3) is 0.500. The van der Waals surface area contributed by atoms with E-state index in [1.807, 2.05) is 19.1 Å². The topological polar surface area (TPSA) is 29.1 Å². The summed E-state index contributed by atoms with van der Waals surface area (Å²) in [7, 11) is 0. The molecule has 1 N–H and O–H groups in total. The van der Waals surface area contributed by atoms with Crippen molar-refractivity contribution in [2.45, 2.75) is 19.4 Å². The van der Waals surface area contributed by atoms with E-state index in [1.54, 1.807) is 11.8 Å². The number of hydrogen-bond donors (Lipinski definition) is 1. The van der Waals surface area contributed by atoms with Gasteiger partial charge in [0.05, 0.1) is 8.66 Å². The van der Waals surface area contributed by atoms with Gasteiger partial charge < -0.3 is 5.32 Å². The summed E-state index contributed by atoms with van der Waals surface area (Å²) in [5, 5.41) is 2.98. The summed E-state index contributed by atoms with van der Waals surface area (Å²) in [6.45, 7) is 2.04. The second-order valence-electron chi connectivity index (χ2n) is 3.26. The lowest BCUT2D eigenvalue weighted by molar-refractivity contribution is 0.0943. The zero-order valence-corrected chi connectivity index (χ0v) is 12.0. The molecular formula is C10H14BrNOS2. The van der Waals surface area contributed by atoms with Crippen molar-refractivity contribution in [1.29, 1.82) is 0 Å². The van der Waals surface area contributed by atoms with Crippen molar-refractivity contribution in [2.75, 3.05) is 12.0 Å². The Balaban J connectivity index is 2.42. The number of thiophene rings is 1. The Morgan fingerprint density at radius 1 is 1.67 bits per heavy atom. The highest BCUT2D eigenvalue weighted by molar-refractivity contribution is 9.11. The Morgan fingerprint density at radius 2 is 2.40 bits per heavy atom. The number of carbonyl (C=O) groups is 1. The molecule has 0 aliphatic rings. The predicted molar refractivity (Wildman–Crippen MR) is 71.9 cm³/mol. The zero-order valence-electron chi connectivity index (χ0n) is 8.75. The summed E-state index contributed by atoms with van der Waals surface area (Å²) in [6, 6.07) is 3.98. The van der Waals surface area contributed by atoms with Gasteiger partial charge in [0.25, 0.3) is 5.91 Å². The molecule has 0 aliphatic carbocycles. The van der Waals surface area contributed by atoms with Crippen LogP contribution in [-0.4, -0.2) is 24.0 Å². The lowest BCUT2D eigenvalue weighted by Gasteiger charge is -2.11. The third kappa shape index (κ3) is 4.57. The van der Waals surface area contributed by atoms with Crippen LogP contribution in [0.25, 0.3) is 0 Å². The van der Waals surface area contributed by atoms with Gasteiger partial charge >= 0.3 is 0 Å².